The van der Waals surface area contributed by atoms with Gasteiger partial charge in [-0.25, -0.2) is 0 Å². The van der Waals surface area contributed by atoms with Gasteiger partial charge in [-0.3, -0.25) is 14.4 Å². The molecule has 290 valence electrons. The molecule has 5 N–H and O–H groups in total. The Labute approximate surface area is 307 Å². The molecule has 1 heterocycles. The van der Waals surface area contributed by atoms with Crippen LogP contribution in [0.5, 0.6) is 0 Å². The van der Waals surface area contributed by atoms with Gasteiger partial charge in [0.1, 0.15) is 19.0 Å². The second-order valence-corrected chi connectivity index (χ2v) is 15.0. The summed E-state index contributed by atoms with van der Waals surface area (Å²) in [5.41, 5.74) is 6.59. The van der Waals surface area contributed by atoms with Gasteiger partial charge in [-0.15, -0.1) is 0 Å². The zero-order chi connectivity index (χ0) is 37.0. The Kier molecular flexibility index (Phi) is 20.1. The molecular formula is C40H68N4O7. The van der Waals surface area contributed by atoms with Gasteiger partial charge in [0.2, 0.25) is 11.8 Å². The molecule has 51 heavy (non-hydrogen) atoms. The number of hydrogen-bond donors (Lipinski definition) is 4. The smallest absolute Gasteiger partial charge is 0.252 e. The lowest BCUT2D eigenvalue weighted by molar-refractivity contribution is -0.157. The molecule has 1 aliphatic carbocycles. The van der Waals surface area contributed by atoms with E-state index in [-0.39, 0.29) is 43.0 Å². The monoisotopic (exact) mass is 717 g/mol. The minimum Gasteiger partial charge on any atom is -0.391 e. The number of carbonyl (C=O) groups is 3. The number of hydrogen-bond acceptors (Lipinski definition) is 8. The highest BCUT2D eigenvalue weighted by molar-refractivity contribution is 5.84. The van der Waals surface area contributed by atoms with Gasteiger partial charge in [0, 0.05) is 39.1 Å². The molecule has 1 saturated heterocycles. The number of rotatable bonds is 23. The van der Waals surface area contributed by atoms with Crippen LogP contribution in [-0.2, 0) is 35.0 Å². The topological polar surface area (TPSA) is 152 Å². The minimum absolute atomic E-state index is 0.00515. The molecule has 3 amide bonds. The second-order valence-electron chi connectivity index (χ2n) is 15.0. The number of likely N-dealkylation sites (tertiary alicyclic amines) is 1. The van der Waals surface area contributed by atoms with E-state index >= 15 is 0 Å². The number of aliphatic hydroxyl groups excluding tert-OH is 1. The van der Waals surface area contributed by atoms with Crippen molar-refractivity contribution < 1.29 is 33.7 Å². The van der Waals surface area contributed by atoms with Gasteiger partial charge >= 0.3 is 0 Å². The quantitative estimate of drug-likeness (QED) is 0.0938. The average Bonchev–Trinajstić information content (AvgIpc) is 3.14. The summed E-state index contributed by atoms with van der Waals surface area (Å²) in [4.78, 5) is 43.4. The number of ether oxygens (including phenoxy) is 3. The van der Waals surface area contributed by atoms with E-state index in [0.29, 0.717) is 70.6 Å². The Hall–Kier alpha value is -2.57. The van der Waals surface area contributed by atoms with E-state index in [1.54, 1.807) is 7.11 Å². The van der Waals surface area contributed by atoms with E-state index < -0.39 is 30.3 Å². The Morgan fingerprint density at radius 1 is 0.980 bits per heavy atom. The Morgan fingerprint density at radius 3 is 2.31 bits per heavy atom. The lowest BCUT2D eigenvalue weighted by Gasteiger charge is -2.36. The maximum Gasteiger partial charge on any atom is 0.252 e. The molecule has 3 rings (SSSR count). The summed E-state index contributed by atoms with van der Waals surface area (Å²) in [6.07, 6.45) is 8.39. The molecule has 2 fully saturated rings. The standard InChI is InChI=1S/C40H68N4O7/c1-5-6-18-36(51-37(26-31-16-11-8-12-17-31)40(48)44-23-19-32(20-24-44)50-28-49-4)39(47)43-34(25-30-14-9-7-10-15-30)35(45)27-33(29(2)3)38(46)42-22-13-21-41/h8,11-12,16-17,29-30,32-37,45H,5-7,9-10,13-15,18-28,41H2,1-4H3,(H,42,46)(H,43,47)/t33-,34-,35-,36-,37-/m0/s1. The zero-order valence-electron chi connectivity index (χ0n) is 31.9. The molecule has 0 unspecified atom stereocenters. The van der Waals surface area contributed by atoms with Crippen molar-refractivity contribution in [3.05, 3.63) is 35.9 Å². The van der Waals surface area contributed by atoms with Crippen molar-refractivity contribution in [3.63, 3.8) is 0 Å². The van der Waals surface area contributed by atoms with Crippen molar-refractivity contribution in [1.82, 2.24) is 15.5 Å². The van der Waals surface area contributed by atoms with Crippen molar-refractivity contribution >= 4 is 17.7 Å². The van der Waals surface area contributed by atoms with Gasteiger partial charge < -0.3 is 40.6 Å². The van der Waals surface area contributed by atoms with E-state index in [1.807, 2.05) is 49.1 Å². The van der Waals surface area contributed by atoms with E-state index in [9.17, 15) is 19.5 Å². The number of nitrogens with two attached hydrogens (primary N) is 1. The molecule has 2 aliphatic rings. The molecule has 0 bridgehead atoms. The molecule has 0 spiro atoms. The van der Waals surface area contributed by atoms with Crippen LogP contribution in [0.15, 0.2) is 30.3 Å². The number of nitrogens with one attached hydrogen (secondary N) is 2. The number of benzene rings is 1. The van der Waals surface area contributed by atoms with Crippen LogP contribution in [0.1, 0.15) is 110 Å². The third kappa shape index (κ3) is 15.1. The number of aliphatic hydroxyl groups is 1. The Balaban J connectivity index is 1.81. The van der Waals surface area contributed by atoms with Gasteiger partial charge in [0.05, 0.1) is 18.2 Å². The van der Waals surface area contributed by atoms with E-state index in [2.05, 4.69) is 17.6 Å². The van der Waals surface area contributed by atoms with Gasteiger partial charge in [0.15, 0.2) is 0 Å². The van der Waals surface area contributed by atoms with Crippen LogP contribution in [0.3, 0.4) is 0 Å². The molecule has 1 aromatic carbocycles. The van der Waals surface area contributed by atoms with Gasteiger partial charge in [-0.05, 0) is 62.5 Å². The number of carbonyl (C=O) groups excluding carboxylic acids is 3. The summed E-state index contributed by atoms with van der Waals surface area (Å²) >= 11 is 0. The lowest BCUT2D eigenvalue weighted by atomic mass is 9.81. The summed E-state index contributed by atoms with van der Waals surface area (Å²) < 4.78 is 17.4. The summed E-state index contributed by atoms with van der Waals surface area (Å²) in [6.45, 7) is 8.34. The normalized spacial score (nSPS) is 18.9. The first-order chi connectivity index (χ1) is 24.7. The predicted octanol–water partition coefficient (Wildman–Crippen LogP) is 4.73. The Morgan fingerprint density at radius 2 is 1.69 bits per heavy atom. The van der Waals surface area contributed by atoms with E-state index in [1.165, 1.54) is 6.42 Å². The highest BCUT2D eigenvalue weighted by Gasteiger charge is 2.36. The van der Waals surface area contributed by atoms with Crippen molar-refractivity contribution in [3.8, 4) is 0 Å². The summed E-state index contributed by atoms with van der Waals surface area (Å²) in [5, 5.41) is 17.9. The lowest BCUT2D eigenvalue weighted by Crippen LogP contribution is -2.52. The number of amides is 3. The van der Waals surface area contributed by atoms with Crippen molar-refractivity contribution in [2.24, 2.45) is 23.5 Å². The molecule has 5 atom stereocenters. The maximum atomic E-state index is 14.3. The first-order valence-corrected chi connectivity index (χ1v) is 19.7. The fraction of sp³-hybridized carbons (Fsp3) is 0.775. The third-order valence-corrected chi connectivity index (χ3v) is 10.6. The maximum absolute atomic E-state index is 14.3. The zero-order valence-corrected chi connectivity index (χ0v) is 31.9. The summed E-state index contributed by atoms with van der Waals surface area (Å²) in [7, 11) is 1.60. The molecule has 11 nitrogen and oxygen atoms in total. The average molecular weight is 717 g/mol. The first-order valence-electron chi connectivity index (χ1n) is 19.7. The van der Waals surface area contributed by atoms with E-state index in [0.717, 1.165) is 44.1 Å². The number of piperidine rings is 1. The van der Waals surface area contributed by atoms with Gasteiger partial charge in [-0.2, -0.15) is 0 Å². The van der Waals surface area contributed by atoms with E-state index in [4.69, 9.17) is 19.9 Å². The van der Waals surface area contributed by atoms with Crippen LogP contribution in [0.4, 0.5) is 0 Å². The fourth-order valence-electron chi connectivity index (χ4n) is 7.40. The minimum atomic E-state index is -0.918. The molecular weight excluding hydrogens is 648 g/mol. The van der Waals surface area contributed by atoms with Crippen LogP contribution in [0.25, 0.3) is 0 Å². The van der Waals surface area contributed by atoms with Gasteiger partial charge in [-0.1, -0.05) is 96.0 Å². The van der Waals surface area contributed by atoms with Crippen LogP contribution in [0.2, 0.25) is 0 Å². The first kappa shape index (κ1) is 42.8. The van der Waals surface area contributed by atoms with Crippen LogP contribution in [-0.4, -0.2) is 98.3 Å². The van der Waals surface area contributed by atoms with Gasteiger partial charge in [0.25, 0.3) is 5.91 Å². The van der Waals surface area contributed by atoms with Crippen molar-refractivity contribution in [2.45, 2.75) is 141 Å². The summed E-state index contributed by atoms with van der Waals surface area (Å²) in [6, 6.07) is 9.23. The SMILES string of the molecule is CCCC[C@H](O[C@@H](Cc1ccccc1)C(=O)N1CCC(OCOC)CC1)C(=O)N[C@@H](CC1CCCCC1)[C@@H](O)C[C@H](C(=O)NCCCN)C(C)C. The van der Waals surface area contributed by atoms with Crippen molar-refractivity contribution in [1.29, 1.82) is 0 Å². The largest absolute Gasteiger partial charge is 0.391 e. The Bertz CT molecular complexity index is 1130. The van der Waals surface area contributed by atoms with Crippen LogP contribution in [0, 0.1) is 17.8 Å². The molecule has 1 aliphatic heterocycles. The summed E-state index contributed by atoms with van der Waals surface area (Å²) in [5.74, 6) is -0.557. The van der Waals surface area contributed by atoms with Crippen molar-refractivity contribution in [2.75, 3.05) is 40.1 Å². The highest BCUT2D eigenvalue weighted by Crippen LogP contribution is 2.30. The second kappa shape index (κ2) is 23.9. The molecule has 0 radical (unpaired) electrons. The fourth-order valence-corrected chi connectivity index (χ4v) is 7.40. The number of methoxy groups -OCH3 is 1. The molecule has 1 saturated carbocycles. The predicted molar refractivity (Wildman–Crippen MR) is 200 cm³/mol. The third-order valence-electron chi connectivity index (χ3n) is 10.6. The number of unbranched alkanes of at least 4 members (excludes halogenated alkanes) is 1. The molecule has 0 aromatic heterocycles. The van der Waals surface area contributed by atoms with Crippen LogP contribution >= 0.6 is 0 Å². The molecule has 11 heteroatoms. The number of nitrogens with zero attached hydrogens (tertiary/aromatic N) is 1. The highest BCUT2D eigenvalue weighted by atomic mass is 16.7. The van der Waals surface area contributed by atoms with Crippen LogP contribution < -0.4 is 16.4 Å². The molecule has 1 aromatic rings.